The molecule has 0 bridgehead atoms. The smallest absolute Gasteiger partial charge is 0.134 e. The average molecular weight is 402 g/mol. The van der Waals surface area contributed by atoms with Gasteiger partial charge < -0.3 is 4.74 Å². The van der Waals surface area contributed by atoms with Crippen LogP contribution in [0.1, 0.15) is 37.6 Å². The summed E-state index contributed by atoms with van der Waals surface area (Å²) in [6.07, 6.45) is 3.08. The molecule has 3 nitrogen and oxygen atoms in total. The molecule has 0 aliphatic rings. The van der Waals surface area contributed by atoms with Crippen molar-refractivity contribution >= 4 is 31.9 Å². The number of hydrogen-bond acceptors (Lipinski definition) is 2. The Morgan fingerprint density at radius 1 is 1.35 bits per heavy atom. The number of benzene rings is 1. The van der Waals surface area contributed by atoms with Gasteiger partial charge in [0.1, 0.15) is 12.4 Å². The first kappa shape index (κ1) is 15.6. The minimum absolute atomic E-state index is 0.425. The second-order valence-corrected chi connectivity index (χ2v) is 6.15. The van der Waals surface area contributed by atoms with E-state index in [1.807, 2.05) is 29.1 Å². The van der Waals surface area contributed by atoms with Gasteiger partial charge in [-0.05, 0) is 53.0 Å². The summed E-state index contributed by atoms with van der Waals surface area (Å²) in [5.74, 6) is 0.841. The lowest BCUT2D eigenvalue weighted by Crippen LogP contribution is -2.05. The fourth-order valence-electron chi connectivity index (χ4n) is 1.78. The van der Waals surface area contributed by atoms with Gasteiger partial charge in [-0.2, -0.15) is 5.10 Å². The van der Waals surface area contributed by atoms with Crippen LogP contribution in [0.2, 0.25) is 0 Å². The lowest BCUT2D eigenvalue weighted by Gasteiger charge is -2.09. The van der Waals surface area contributed by atoms with E-state index in [4.69, 9.17) is 4.74 Å². The number of rotatable bonds is 6. The summed E-state index contributed by atoms with van der Waals surface area (Å²) in [5, 5.41) is 5.37. The fourth-order valence-corrected chi connectivity index (χ4v) is 2.67. The summed E-state index contributed by atoms with van der Waals surface area (Å²) in [4.78, 5) is 0. The Morgan fingerprint density at radius 3 is 2.80 bits per heavy atom. The molecule has 108 valence electrons. The van der Waals surface area contributed by atoms with Crippen LogP contribution in [0.4, 0.5) is 0 Å². The fraction of sp³-hybridized carbons (Fsp3) is 0.400. The van der Waals surface area contributed by atoms with Gasteiger partial charge in [0.15, 0.2) is 0 Å². The van der Waals surface area contributed by atoms with E-state index in [0.717, 1.165) is 27.7 Å². The Kier molecular flexibility index (Phi) is 5.66. The highest BCUT2D eigenvalue weighted by molar-refractivity contribution is 9.10. The molecule has 1 aromatic carbocycles. The predicted molar refractivity (Wildman–Crippen MR) is 88.3 cm³/mol. The van der Waals surface area contributed by atoms with Crippen molar-refractivity contribution < 1.29 is 4.74 Å². The van der Waals surface area contributed by atoms with Gasteiger partial charge in [0.05, 0.1) is 10.2 Å². The monoisotopic (exact) mass is 400 g/mol. The Morgan fingerprint density at radius 2 is 2.15 bits per heavy atom. The summed E-state index contributed by atoms with van der Waals surface area (Å²) < 4.78 is 8.77. The number of hydrogen-bond donors (Lipinski definition) is 0. The van der Waals surface area contributed by atoms with Crippen molar-refractivity contribution in [1.29, 1.82) is 0 Å². The Hall–Kier alpha value is -0.810. The van der Waals surface area contributed by atoms with E-state index in [-0.39, 0.29) is 0 Å². The molecule has 0 saturated carbocycles. The van der Waals surface area contributed by atoms with E-state index in [2.05, 4.69) is 56.9 Å². The molecule has 0 N–H and O–H groups in total. The molecule has 0 spiro atoms. The maximum Gasteiger partial charge on any atom is 0.134 e. The molecular weight excluding hydrogens is 384 g/mol. The number of alkyl halides is 1. The highest BCUT2D eigenvalue weighted by Gasteiger charge is 2.07. The van der Waals surface area contributed by atoms with Gasteiger partial charge in [-0.15, -0.1) is 0 Å². The van der Waals surface area contributed by atoms with Crippen molar-refractivity contribution in [2.24, 2.45) is 0 Å². The van der Waals surface area contributed by atoms with Crippen molar-refractivity contribution in [3.63, 3.8) is 0 Å². The molecule has 2 aromatic rings. The van der Waals surface area contributed by atoms with Gasteiger partial charge in [-0.25, -0.2) is 0 Å². The lowest BCUT2D eigenvalue weighted by molar-refractivity contribution is 0.296. The largest absolute Gasteiger partial charge is 0.486 e. The molecule has 0 saturated heterocycles. The van der Waals surface area contributed by atoms with Crippen LogP contribution in [-0.2, 0) is 11.9 Å². The summed E-state index contributed by atoms with van der Waals surface area (Å²) in [5.41, 5.74) is 2.16. The zero-order chi connectivity index (χ0) is 14.5. The van der Waals surface area contributed by atoms with E-state index >= 15 is 0 Å². The highest BCUT2D eigenvalue weighted by atomic mass is 79.9. The Labute approximate surface area is 136 Å². The quantitative estimate of drug-likeness (QED) is 0.630. The van der Waals surface area contributed by atoms with Crippen LogP contribution in [0, 0.1) is 0 Å². The first-order valence-electron chi connectivity index (χ1n) is 6.65. The molecule has 20 heavy (non-hydrogen) atoms. The van der Waals surface area contributed by atoms with E-state index in [0.29, 0.717) is 12.6 Å². The molecule has 2 rings (SSSR count). The van der Waals surface area contributed by atoms with E-state index in [9.17, 15) is 0 Å². The molecule has 0 amide bonds. The SMILES string of the molecule is CCC(C)n1ccc(COc2ccc(CBr)cc2Br)n1. The van der Waals surface area contributed by atoms with Crippen molar-refractivity contribution in [1.82, 2.24) is 9.78 Å². The first-order valence-corrected chi connectivity index (χ1v) is 8.56. The normalized spacial score (nSPS) is 12.4. The van der Waals surface area contributed by atoms with E-state index in [1.165, 1.54) is 5.56 Å². The molecule has 1 heterocycles. The van der Waals surface area contributed by atoms with Gasteiger partial charge in [0, 0.05) is 17.6 Å². The second-order valence-electron chi connectivity index (χ2n) is 4.73. The third-order valence-corrected chi connectivity index (χ3v) is 4.50. The summed E-state index contributed by atoms with van der Waals surface area (Å²) in [7, 11) is 0. The maximum absolute atomic E-state index is 5.81. The maximum atomic E-state index is 5.81. The zero-order valence-corrected chi connectivity index (χ0v) is 14.8. The van der Waals surface area contributed by atoms with E-state index < -0.39 is 0 Å². The standard InChI is InChI=1S/C15H18Br2N2O/c1-3-11(2)19-7-6-13(18-19)10-20-15-5-4-12(9-16)8-14(15)17/h4-8,11H,3,9-10H2,1-2H3. The van der Waals surface area contributed by atoms with Crippen LogP contribution in [-0.4, -0.2) is 9.78 Å². The highest BCUT2D eigenvalue weighted by Crippen LogP contribution is 2.27. The second kappa shape index (κ2) is 7.27. The van der Waals surface area contributed by atoms with Crippen LogP contribution in [0.15, 0.2) is 34.9 Å². The van der Waals surface area contributed by atoms with Crippen LogP contribution in [0.25, 0.3) is 0 Å². The van der Waals surface area contributed by atoms with Gasteiger partial charge in [-0.1, -0.05) is 28.9 Å². The van der Waals surface area contributed by atoms with Crippen LogP contribution in [0.5, 0.6) is 5.75 Å². The Bertz CT molecular complexity index is 569. The molecule has 5 heteroatoms. The third-order valence-electron chi connectivity index (χ3n) is 3.23. The van der Waals surface area contributed by atoms with Crippen LogP contribution >= 0.6 is 31.9 Å². The number of aromatic nitrogens is 2. The molecule has 0 fully saturated rings. The van der Waals surface area contributed by atoms with Crippen molar-refractivity contribution in [3.05, 3.63) is 46.2 Å². The third kappa shape index (κ3) is 3.85. The van der Waals surface area contributed by atoms with Crippen LogP contribution < -0.4 is 4.74 Å². The van der Waals surface area contributed by atoms with Crippen molar-refractivity contribution in [2.45, 2.75) is 38.2 Å². The van der Waals surface area contributed by atoms with Gasteiger partial charge >= 0.3 is 0 Å². The molecule has 0 aliphatic heterocycles. The number of halogens is 2. The summed E-state index contributed by atoms with van der Waals surface area (Å²) >= 11 is 6.97. The molecule has 1 atom stereocenters. The molecule has 1 unspecified atom stereocenters. The lowest BCUT2D eigenvalue weighted by atomic mass is 10.2. The van der Waals surface area contributed by atoms with Crippen molar-refractivity contribution in [2.75, 3.05) is 0 Å². The topological polar surface area (TPSA) is 27.1 Å². The molecule has 1 aromatic heterocycles. The predicted octanol–water partition coefficient (Wildman–Crippen LogP) is 5.09. The summed E-state index contributed by atoms with van der Waals surface area (Å²) in [6.45, 7) is 4.80. The Balaban J connectivity index is 2.00. The minimum atomic E-state index is 0.425. The van der Waals surface area contributed by atoms with Crippen LogP contribution in [0.3, 0.4) is 0 Å². The average Bonchev–Trinajstić information content (AvgIpc) is 2.94. The van der Waals surface area contributed by atoms with Gasteiger partial charge in [0.25, 0.3) is 0 Å². The first-order chi connectivity index (χ1) is 9.63. The summed E-state index contributed by atoms with van der Waals surface area (Å²) in [6, 6.07) is 8.52. The number of ether oxygens (including phenoxy) is 1. The van der Waals surface area contributed by atoms with Gasteiger partial charge in [-0.3, -0.25) is 4.68 Å². The minimum Gasteiger partial charge on any atom is -0.486 e. The van der Waals surface area contributed by atoms with E-state index in [1.54, 1.807) is 0 Å². The van der Waals surface area contributed by atoms with Crippen molar-refractivity contribution in [3.8, 4) is 5.75 Å². The van der Waals surface area contributed by atoms with Gasteiger partial charge in [0.2, 0.25) is 0 Å². The molecular formula is C15H18Br2N2O. The number of nitrogens with zero attached hydrogens (tertiary/aromatic N) is 2. The zero-order valence-electron chi connectivity index (χ0n) is 11.6. The molecule has 0 radical (unpaired) electrons. The molecule has 0 aliphatic carbocycles.